The molecule has 0 fully saturated rings. The smallest absolute Gasteiger partial charge is 0.322 e. The molecule has 0 aromatic heterocycles. The van der Waals surface area contributed by atoms with Crippen molar-refractivity contribution < 1.29 is 29.1 Å². The number of rotatable bonds is 16. The Bertz CT molecular complexity index is 834. The summed E-state index contributed by atoms with van der Waals surface area (Å²) in [4.78, 5) is 59.9. The first-order chi connectivity index (χ1) is 16.1. The molecule has 1 rings (SSSR count). The molecule has 10 N–H and O–H groups in total. The molecule has 188 valence electrons. The summed E-state index contributed by atoms with van der Waals surface area (Å²) >= 11 is 0. The Morgan fingerprint density at radius 2 is 1.53 bits per heavy atom. The molecule has 0 aliphatic carbocycles. The van der Waals surface area contributed by atoms with E-state index in [9.17, 15) is 24.0 Å². The topological polar surface area (TPSA) is 220 Å². The number of amides is 4. The Morgan fingerprint density at radius 1 is 0.882 bits per heavy atom. The minimum Gasteiger partial charge on any atom is -0.480 e. The van der Waals surface area contributed by atoms with Gasteiger partial charge in [-0.1, -0.05) is 30.3 Å². The summed E-state index contributed by atoms with van der Waals surface area (Å²) in [6.07, 6.45) is 1.41. The van der Waals surface area contributed by atoms with Gasteiger partial charge in [-0.15, -0.1) is 0 Å². The first-order valence-electron chi connectivity index (χ1n) is 11.0. The van der Waals surface area contributed by atoms with Gasteiger partial charge in [0.2, 0.25) is 23.6 Å². The van der Waals surface area contributed by atoms with Gasteiger partial charge in [-0.2, -0.15) is 0 Å². The standard InChI is InChI=1S/C22H34N6O6/c23-11-5-4-8-16(21(33)26-13-19(30)31)27-22(34)17(12-14-6-2-1-3-7-14)28-20(32)15(24)9-10-18(25)29/h1-3,6-7,15-17H,4-5,8-13,23-24H2,(H2,25,29)(H,26,33)(H,27,34)(H,28,32)(H,30,31). The maximum atomic E-state index is 13.1. The Kier molecular flexibility index (Phi) is 12.9. The second kappa shape index (κ2) is 15.3. The summed E-state index contributed by atoms with van der Waals surface area (Å²) in [5.41, 5.74) is 17.2. The van der Waals surface area contributed by atoms with Gasteiger partial charge in [0, 0.05) is 12.8 Å². The third-order valence-corrected chi connectivity index (χ3v) is 4.95. The fourth-order valence-electron chi connectivity index (χ4n) is 3.09. The summed E-state index contributed by atoms with van der Waals surface area (Å²) in [7, 11) is 0. The first-order valence-corrected chi connectivity index (χ1v) is 11.0. The molecule has 0 radical (unpaired) electrons. The second-order valence-electron chi connectivity index (χ2n) is 7.82. The Labute approximate surface area is 198 Å². The van der Waals surface area contributed by atoms with E-state index in [2.05, 4.69) is 16.0 Å². The lowest BCUT2D eigenvalue weighted by Gasteiger charge is -2.24. The molecule has 0 heterocycles. The quantitative estimate of drug-likeness (QED) is 0.133. The SMILES string of the molecule is NCCCCC(NC(=O)C(Cc1ccccc1)NC(=O)C(N)CCC(N)=O)C(=O)NCC(=O)O. The van der Waals surface area contributed by atoms with Crippen LogP contribution in [0.3, 0.4) is 0 Å². The molecule has 3 unspecified atom stereocenters. The van der Waals surface area contributed by atoms with Gasteiger partial charge in [0.05, 0.1) is 6.04 Å². The van der Waals surface area contributed by atoms with Gasteiger partial charge in [0.15, 0.2) is 0 Å². The third-order valence-electron chi connectivity index (χ3n) is 4.95. The Hall–Kier alpha value is -3.51. The van der Waals surface area contributed by atoms with Crippen molar-refractivity contribution in [2.75, 3.05) is 13.1 Å². The lowest BCUT2D eigenvalue weighted by Crippen LogP contribution is -2.56. The van der Waals surface area contributed by atoms with E-state index in [-0.39, 0.29) is 25.7 Å². The highest BCUT2D eigenvalue weighted by Crippen LogP contribution is 2.07. The van der Waals surface area contributed by atoms with Crippen molar-refractivity contribution >= 4 is 29.6 Å². The Balaban J connectivity index is 2.98. The zero-order chi connectivity index (χ0) is 25.5. The zero-order valence-corrected chi connectivity index (χ0v) is 19.0. The molecule has 34 heavy (non-hydrogen) atoms. The van der Waals surface area contributed by atoms with Crippen LogP contribution in [0.2, 0.25) is 0 Å². The Morgan fingerprint density at radius 3 is 2.12 bits per heavy atom. The van der Waals surface area contributed by atoms with Crippen molar-refractivity contribution in [2.24, 2.45) is 17.2 Å². The van der Waals surface area contributed by atoms with Gasteiger partial charge in [0.25, 0.3) is 0 Å². The molecule has 0 bridgehead atoms. The average molecular weight is 479 g/mol. The molecule has 12 heteroatoms. The summed E-state index contributed by atoms with van der Waals surface area (Å²) in [5, 5.41) is 16.2. The van der Waals surface area contributed by atoms with E-state index in [1.165, 1.54) is 0 Å². The summed E-state index contributed by atoms with van der Waals surface area (Å²) < 4.78 is 0. The number of nitrogens with two attached hydrogens (primary N) is 3. The lowest BCUT2D eigenvalue weighted by atomic mass is 10.0. The van der Waals surface area contributed by atoms with Crippen LogP contribution in [0.1, 0.15) is 37.7 Å². The van der Waals surface area contributed by atoms with Gasteiger partial charge in [0.1, 0.15) is 18.6 Å². The molecular formula is C22H34N6O6. The molecule has 0 aliphatic heterocycles. The van der Waals surface area contributed by atoms with Gasteiger partial charge in [-0.25, -0.2) is 0 Å². The highest BCUT2D eigenvalue weighted by Gasteiger charge is 2.28. The molecular weight excluding hydrogens is 444 g/mol. The number of benzene rings is 1. The molecule has 12 nitrogen and oxygen atoms in total. The van der Waals surface area contributed by atoms with Gasteiger partial charge in [-0.3, -0.25) is 24.0 Å². The number of carboxylic acid groups (broad SMARTS) is 1. The van der Waals surface area contributed by atoms with E-state index in [1.807, 2.05) is 0 Å². The van der Waals surface area contributed by atoms with Crippen molar-refractivity contribution in [3.05, 3.63) is 35.9 Å². The predicted molar refractivity (Wildman–Crippen MR) is 124 cm³/mol. The van der Waals surface area contributed by atoms with Crippen LogP contribution < -0.4 is 33.2 Å². The van der Waals surface area contributed by atoms with Crippen LogP contribution in [0.15, 0.2) is 30.3 Å². The molecule has 0 aliphatic rings. The van der Waals surface area contributed by atoms with E-state index in [4.69, 9.17) is 22.3 Å². The molecule has 1 aromatic rings. The average Bonchev–Trinajstić information content (AvgIpc) is 2.80. The van der Waals surface area contributed by atoms with Gasteiger partial charge >= 0.3 is 5.97 Å². The predicted octanol–water partition coefficient (Wildman–Crippen LogP) is -1.88. The van der Waals surface area contributed by atoms with Crippen LogP contribution in [-0.4, -0.2) is 65.9 Å². The van der Waals surface area contributed by atoms with Crippen molar-refractivity contribution in [1.82, 2.24) is 16.0 Å². The number of nitrogens with one attached hydrogen (secondary N) is 3. The molecule has 0 spiro atoms. The summed E-state index contributed by atoms with van der Waals surface area (Å²) in [5.74, 6) is -3.76. The largest absolute Gasteiger partial charge is 0.480 e. The number of carboxylic acids is 1. The summed E-state index contributed by atoms with van der Waals surface area (Å²) in [6, 6.07) is 5.76. The first kappa shape index (κ1) is 28.5. The van der Waals surface area contributed by atoms with E-state index in [0.29, 0.717) is 19.4 Å². The van der Waals surface area contributed by atoms with Crippen LogP contribution in [0.25, 0.3) is 0 Å². The van der Waals surface area contributed by atoms with E-state index < -0.39 is 54.3 Å². The number of hydrogen-bond acceptors (Lipinski definition) is 7. The van der Waals surface area contributed by atoms with E-state index in [1.54, 1.807) is 30.3 Å². The third kappa shape index (κ3) is 11.4. The fraction of sp³-hybridized carbons (Fsp3) is 0.500. The number of primary amides is 1. The van der Waals surface area contributed by atoms with Crippen LogP contribution in [-0.2, 0) is 30.4 Å². The minimum absolute atomic E-state index is 0.0140. The highest BCUT2D eigenvalue weighted by molar-refractivity contribution is 5.94. The van der Waals surface area contributed by atoms with Crippen LogP contribution in [0, 0.1) is 0 Å². The van der Waals surface area contributed by atoms with E-state index >= 15 is 0 Å². The van der Waals surface area contributed by atoms with Gasteiger partial charge in [-0.05, 0) is 37.8 Å². The van der Waals surface area contributed by atoms with Gasteiger partial charge < -0.3 is 38.3 Å². The molecule has 3 atom stereocenters. The maximum absolute atomic E-state index is 13.1. The molecule has 0 saturated carbocycles. The number of unbranched alkanes of at least 4 members (excludes halogenated alkanes) is 1. The lowest BCUT2D eigenvalue weighted by molar-refractivity contribution is -0.138. The maximum Gasteiger partial charge on any atom is 0.322 e. The highest BCUT2D eigenvalue weighted by atomic mass is 16.4. The summed E-state index contributed by atoms with van der Waals surface area (Å²) in [6.45, 7) is -0.200. The van der Waals surface area contributed by atoms with Crippen LogP contribution >= 0.6 is 0 Å². The second-order valence-corrected chi connectivity index (χ2v) is 7.82. The number of hydrogen-bond donors (Lipinski definition) is 7. The van der Waals surface area contributed by atoms with Crippen molar-refractivity contribution in [1.29, 1.82) is 0 Å². The zero-order valence-electron chi connectivity index (χ0n) is 19.0. The monoisotopic (exact) mass is 478 g/mol. The van der Waals surface area contributed by atoms with Crippen LogP contribution in [0.4, 0.5) is 0 Å². The molecule has 0 saturated heterocycles. The fourth-order valence-corrected chi connectivity index (χ4v) is 3.09. The number of aliphatic carboxylic acids is 1. The number of carbonyl (C=O) groups is 5. The minimum atomic E-state index is -1.22. The molecule has 4 amide bonds. The molecule has 1 aromatic carbocycles. The van der Waals surface area contributed by atoms with Crippen molar-refractivity contribution in [3.8, 4) is 0 Å². The van der Waals surface area contributed by atoms with E-state index in [0.717, 1.165) is 5.56 Å². The van der Waals surface area contributed by atoms with Crippen molar-refractivity contribution in [2.45, 2.75) is 56.7 Å². The number of carbonyl (C=O) groups excluding carboxylic acids is 4. The van der Waals surface area contributed by atoms with Crippen LogP contribution in [0.5, 0.6) is 0 Å². The normalized spacial score (nSPS) is 13.2. The van der Waals surface area contributed by atoms with Crippen molar-refractivity contribution in [3.63, 3.8) is 0 Å².